The maximum absolute atomic E-state index is 6.00. The number of anilines is 2. The van der Waals surface area contributed by atoms with Gasteiger partial charge in [0.2, 0.25) is 5.95 Å². The van der Waals surface area contributed by atoms with Gasteiger partial charge in [0.25, 0.3) is 0 Å². The highest BCUT2D eigenvalue weighted by molar-refractivity contribution is 6.32. The van der Waals surface area contributed by atoms with Crippen LogP contribution in [-0.4, -0.2) is 23.1 Å². The Morgan fingerprint density at radius 3 is 2.80 bits per heavy atom. The van der Waals surface area contributed by atoms with Gasteiger partial charge in [-0.05, 0) is 18.8 Å². The third-order valence-corrected chi connectivity index (χ3v) is 2.96. The van der Waals surface area contributed by atoms with Gasteiger partial charge >= 0.3 is 0 Å². The maximum Gasteiger partial charge on any atom is 0.224 e. The zero-order chi connectivity index (χ0) is 10.8. The van der Waals surface area contributed by atoms with Crippen molar-refractivity contribution in [2.45, 2.75) is 25.8 Å². The molecule has 82 valence electrons. The second-order valence-electron chi connectivity index (χ2n) is 4.06. The summed E-state index contributed by atoms with van der Waals surface area (Å²) in [5.41, 5.74) is 0. The molecule has 0 amide bonds. The topological polar surface area (TPSA) is 49.8 Å². The minimum absolute atomic E-state index is 0.511. The normalized spacial score (nSPS) is 24.5. The lowest BCUT2D eigenvalue weighted by Crippen LogP contribution is -2.34. The van der Waals surface area contributed by atoms with E-state index in [0.717, 1.165) is 11.7 Å². The Hall–Kier alpha value is -1.03. The molecule has 1 aromatic heterocycles. The maximum atomic E-state index is 6.00. The molecule has 5 heteroatoms. The fraction of sp³-hybridized carbons (Fsp3) is 0.600. The van der Waals surface area contributed by atoms with Crippen LogP contribution in [0.4, 0.5) is 11.8 Å². The van der Waals surface area contributed by atoms with Crippen LogP contribution in [0.25, 0.3) is 0 Å². The number of hydrogen-bond acceptors (Lipinski definition) is 4. The number of rotatable bonds is 3. The van der Waals surface area contributed by atoms with Gasteiger partial charge in [0.15, 0.2) is 5.82 Å². The van der Waals surface area contributed by atoms with E-state index in [-0.39, 0.29) is 0 Å². The highest BCUT2D eigenvalue weighted by atomic mass is 35.5. The highest BCUT2D eigenvalue weighted by Crippen LogP contribution is 2.31. The van der Waals surface area contributed by atoms with E-state index in [4.69, 9.17) is 11.6 Å². The van der Waals surface area contributed by atoms with Gasteiger partial charge in [0, 0.05) is 13.1 Å². The minimum Gasteiger partial charge on any atom is -0.366 e. The van der Waals surface area contributed by atoms with Crippen molar-refractivity contribution in [1.82, 2.24) is 9.97 Å². The lowest BCUT2D eigenvalue weighted by atomic mass is 9.82. The molecule has 4 nitrogen and oxygen atoms in total. The fourth-order valence-electron chi connectivity index (χ4n) is 1.80. The Morgan fingerprint density at radius 2 is 2.20 bits per heavy atom. The number of aromatic nitrogens is 2. The molecule has 1 fully saturated rings. The van der Waals surface area contributed by atoms with E-state index in [0.29, 0.717) is 17.0 Å². The van der Waals surface area contributed by atoms with E-state index < -0.39 is 0 Å². The van der Waals surface area contributed by atoms with Crippen molar-refractivity contribution in [3.8, 4) is 0 Å². The quantitative estimate of drug-likeness (QED) is 0.831. The van der Waals surface area contributed by atoms with E-state index in [1.54, 1.807) is 13.2 Å². The smallest absolute Gasteiger partial charge is 0.224 e. The van der Waals surface area contributed by atoms with Crippen molar-refractivity contribution in [3.63, 3.8) is 0 Å². The molecule has 0 radical (unpaired) electrons. The Kier molecular flexibility index (Phi) is 2.95. The summed E-state index contributed by atoms with van der Waals surface area (Å²) in [5.74, 6) is 2.13. The van der Waals surface area contributed by atoms with E-state index in [9.17, 15) is 0 Å². The number of halogens is 1. The van der Waals surface area contributed by atoms with Crippen molar-refractivity contribution in [1.29, 1.82) is 0 Å². The van der Waals surface area contributed by atoms with Crippen LogP contribution >= 0.6 is 11.6 Å². The van der Waals surface area contributed by atoms with Crippen LogP contribution < -0.4 is 10.6 Å². The van der Waals surface area contributed by atoms with Gasteiger partial charge in [-0.25, -0.2) is 4.98 Å². The highest BCUT2D eigenvalue weighted by Gasteiger charge is 2.25. The van der Waals surface area contributed by atoms with E-state index in [1.807, 2.05) is 0 Å². The predicted octanol–water partition coefficient (Wildman–Crippen LogP) is 2.38. The summed E-state index contributed by atoms with van der Waals surface area (Å²) in [6.45, 7) is 2.25. The Bertz CT molecular complexity index is 349. The SMILES string of the molecule is CNc1ncc(Cl)c(NC2CC(C)C2)n1. The molecule has 0 aliphatic heterocycles. The summed E-state index contributed by atoms with van der Waals surface area (Å²) < 4.78 is 0. The van der Waals surface area contributed by atoms with Crippen LogP contribution in [0, 0.1) is 5.92 Å². The van der Waals surface area contributed by atoms with Crippen LogP contribution in [0.5, 0.6) is 0 Å². The Labute approximate surface area is 94.5 Å². The molecular formula is C10H15ClN4. The molecule has 0 atom stereocenters. The summed E-state index contributed by atoms with van der Waals surface area (Å²) >= 11 is 6.00. The molecular weight excluding hydrogens is 212 g/mol. The first-order valence-electron chi connectivity index (χ1n) is 5.16. The molecule has 0 bridgehead atoms. The summed E-state index contributed by atoms with van der Waals surface area (Å²) in [5, 5.41) is 6.80. The zero-order valence-corrected chi connectivity index (χ0v) is 9.67. The Balaban J connectivity index is 2.06. The van der Waals surface area contributed by atoms with Crippen LogP contribution in [-0.2, 0) is 0 Å². The number of nitrogens with zero attached hydrogens (tertiary/aromatic N) is 2. The van der Waals surface area contributed by atoms with Gasteiger partial charge < -0.3 is 10.6 Å². The lowest BCUT2D eigenvalue weighted by Gasteiger charge is -2.33. The first-order valence-corrected chi connectivity index (χ1v) is 5.53. The molecule has 1 saturated carbocycles. The second kappa shape index (κ2) is 4.23. The van der Waals surface area contributed by atoms with Crippen LogP contribution in [0.2, 0.25) is 5.02 Å². The van der Waals surface area contributed by atoms with E-state index in [1.165, 1.54) is 12.8 Å². The minimum atomic E-state index is 0.511. The molecule has 15 heavy (non-hydrogen) atoms. The van der Waals surface area contributed by atoms with E-state index in [2.05, 4.69) is 27.5 Å². The first kappa shape index (κ1) is 10.5. The molecule has 1 heterocycles. The van der Waals surface area contributed by atoms with Crippen molar-refractivity contribution in [2.24, 2.45) is 5.92 Å². The van der Waals surface area contributed by atoms with Gasteiger partial charge in [0.1, 0.15) is 5.02 Å². The molecule has 1 aromatic rings. The molecule has 1 aliphatic rings. The first-order chi connectivity index (χ1) is 7.19. The van der Waals surface area contributed by atoms with Crippen LogP contribution in [0.1, 0.15) is 19.8 Å². The number of nitrogens with one attached hydrogen (secondary N) is 2. The monoisotopic (exact) mass is 226 g/mol. The number of hydrogen-bond donors (Lipinski definition) is 2. The van der Waals surface area contributed by atoms with Gasteiger partial charge in [-0.3, -0.25) is 0 Å². The summed E-state index contributed by atoms with van der Waals surface area (Å²) in [6.07, 6.45) is 4.00. The fourth-order valence-corrected chi connectivity index (χ4v) is 1.95. The van der Waals surface area contributed by atoms with Crippen molar-refractivity contribution < 1.29 is 0 Å². The Morgan fingerprint density at radius 1 is 1.47 bits per heavy atom. The third-order valence-electron chi connectivity index (χ3n) is 2.68. The lowest BCUT2D eigenvalue weighted by molar-refractivity contribution is 0.308. The van der Waals surface area contributed by atoms with Crippen molar-refractivity contribution in [2.75, 3.05) is 17.7 Å². The molecule has 0 aromatic carbocycles. The molecule has 0 spiro atoms. The molecule has 0 unspecified atom stereocenters. The summed E-state index contributed by atoms with van der Waals surface area (Å²) in [6, 6.07) is 0.511. The summed E-state index contributed by atoms with van der Waals surface area (Å²) in [4.78, 5) is 8.30. The largest absolute Gasteiger partial charge is 0.366 e. The van der Waals surface area contributed by atoms with Gasteiger partial charge in [-0.15, -0.1) is 0 Å². The van der Waals surface area contributed by atoms with Crippen molar-refractivity contribution in [3.05, 3.63) is 11.2 Å². The molecule has 1 aliphatic carbocycles. The second-order valence-corrected chi connectivity index (χ2v) is 4.47. The van der Waals surface area contributed by atoms with Gasteiger partial charge in [-0.2, -0.15) is 4.98 Å². The third kappa shape index (κ3) is 2.31. The summed E-state index contributed by atoms with van der Waals surface area (Å²) in [7, 11) is 1.79. The molecule has 2 N–H and O–H groups in total. The van der Waals surface area contributed by atoms with Gasteiger partial charge in [-0.1, -0.05) is 18.5 Å². The molecule has 2 rings (SSSR count). The van der Waals surface area contributed by atoms with E-state index >= 15 is 0 Å². The molecule has 0 saturated heterocycles. The van der Waals surface area contributed by atoms with Crippen molar-refractivity contribution >= 4 is 23.4 Å². The van der Waals surface area contributed by atoms with Crippen LogP contribution in [0.15, 0.2) is 6.20 Å². The standard InChI is InChI=1S/C10H15ClN4/c1-6-3-7(4-6)14-9-8(11)5-13-10(12-2)15-9/h5-7H,3-4H2,1-2H3,(H2,12,13,14,15). The van der Waals surface area contributed by atoms with Crippen LogP contribution in [0.3, 0.4) is 0 Å². The predicted molar refractivity (Wildman–Crippen MR) is 62.4 cm³/mol. The average molecular weight is 227 g/mol. The average Bonchev–Trinajstić information content (AvgIpc) is 2.19. The zero-order valence-electron chi connectivity index (χ0n) is 8.92. The van der Waals surface area contributed by atoms with Gasteiger partial charge in [0.05, 0.1) is 6.20 Å².